The Morgan fingerprint density at radius 1 is 1.53 bits per heavy atom. The third-order valence-corrected chi connectivity index (χ3v) is 4.02. The summed E-state index contributed by atoms with van der Waals surface area (Å²) in [6.07, 6.45) is 3.86. The smallest absolute Gasteiger partial charge is 0.161 e. The SMILES string of the molecule is CCCNC(Cc1cccs1)c1c(OC)cnn1C. The molecule has 0 saturated carbocycles. The van der Waals surface area contributed by atoms with Gasteiger partial charge in [0, 0.05) is 18.3 Å². The quantitative estimate of drug-likeness (QED) is 0.847. The molecule has 104 valence electrons. The number of methoxy groups -OCH3 is 1. The highest BCUT2D eigenvalue weighted by atomic mass is 32.1. The van der Waals surface area contributed by atoms with Crippen LogP contribution >= 0.6 is 11.3 Å². The maximum atomic E-state index is 5.43. The molecule has 0 radical (unpaired) electrons. The molecule has 0 spiro atoms. The van der Waals surface area contributed by atoms with Crippen molar-refractivity contribution >= 4 is 11.3 Å². The molecule has 1 N–H and O–H groups in total. The van der Waals surface area contributed by atoms with Gasteiger partial charge >= 0.3 is 0 Å². The Bertz CT molecular complexity index is 493. The van der Waals surface area contributed by atoms with Gasteiger partial charge in [-0.2, -0.15) is 5.10 Å². The lowest BCUT2D eigenvalue weighted by Gasteiger charge is -2.19. The molecule has 2 heterocycles. The summed E-state index contributed by atoms with van der Waals surface area (Å²) < 4.78 is 7.33. The number of ether oxygens (including phenoxy) is 1. The van der Waals surface area contributed by atoms with E-state index < -0.39 is 0 Å². The average Bonchev–Trinajstić information content (AvgIpc) is 3.04. The van der Waals surface area contributed by atoms with E-state index in [4.69, 9.17) is 4.74 Å². The molecule has 2 aromatic rings. The second-order valence-electron chi connectivity index (χ2n) is 4.51. The van der Waals surface area contributed by atoms with Gasteiger partial charge in [0.15, 0.2) is 5.75 Å². The Balaban J connectivity index is 2.23. The normalized spacial score (nSPS) is 12.6. The van der Waals surface area contributed by atoms with E-state index >= 15 is 0 Å². The summed E-state index contributed by atoms with van der Waals surface area (Å²) >= 11 is 1.79. The van der Waals surface area contributed by atoms with Crippen LogP contribution in [-0.2, 0) is 13.5 Å². The third kappa shape index (κ3) is 3.36. The molecule has 4 nitrogen and oxygen atoms in total. The Morgan fingerprint density at radius 2 is 2.37 bits per heavy atom. The Hall–Kier alpha value is -1.33. The molecule has 2 rings (SSSR count). The zero-order chi connectivity index (χ0) is 13.7. The van der Waals surface area contributed by atoms with E-state index in [9.17, 15) is 0 Å². The minimum atomic E-state index is 0.237. The van der Waals surface area contributed by atoms with Gasteiger partial charge in [0.2, 0.25) is 0 Å². The molecule has 0 aliphatic carbocycles. The number of aromatic nitrogens is 2. The van der Waals surface area contributed by atoms with Gasteiger partial charge in [-0.1, -0.05) is 13.0 Å². The lowest BCUT2D eigenvalue weighted by atomic mass is 10.1. The third-order valence-electron chi connectivity index (χ3n) is 3.13. The highest BCUT2D eigenvalue weighted by Crippen LogP contribution is 2.28. The van der Waals surface area contributed by atoms with Crippen LogP contribution in [0.5, 0.6) is 5.75 Å². The topological polar surface area (TPSA) is 39.1 Å². The van der Waals surface area contributed by atoms with Gasteiger partial charge in [-0.25, -0.2) is 0 Å². The van der Waals surface area contributed by atoms with Crippen LogP contribution in [0.15, 0.2) is 23.7 Å². The summed E-state index contributed by atoms with van der Waals surface area (Å²) in [7, 11) is 3.66. The van der Waals surface area contributed by atoms with Gasteiger partial charge in [-0.3, -0.25) is 4.68 Å². The van der Waals surface area contributed by atoms with Crippen LogP contribution in [0.2, 0.25) is 0 Å². The van der Waals surface area contributed by atoms with Crippen molar-refractivity contribution < 1.29 is 4.74 Å². The van der Waals surface area contributed by atoms with E-state index in [0.717, 1.165) is 30.8 Å². The molecular formula is C14H21N3OS. The van der Waals surface area contributed by atoms with Crippen molar-refractivity contribution in [3.05, 3.63) is 34.3 Å². The largest absolute Gasteiger partial charge is 0.493 e. The Morgan fingerprint density at radius 3 is 3.00 bits per heavy atom. The van der Waals surface area contributed by atoms with Crippen molar-refractivity contribution in [1.82, 2.24) is 15.1 Å². The number of hydrogen-bond donors (Lipinski definition) is 1. The van der Waals surface area contributed by atoms with E-state index in [0.29, 0.717) is 0 Å². The molecular weight excluding hydrogens is 258 g/mol. The molecule has 0 aliphatic rings. The van der Waals surface area contributed by atoms with Crippen LogP contribution in [0.3, 0.4) is 0 Å². The first-order valence-corrected chi connectivity index (χ1v) is 7.45. The van der Waals surface area contributed by atoms with Crippen molar-refractivity contribution in [2.24, 2.45) is 7.05 Å². The number of rotatable bonds is 7. The fraction of sp³-hybridized carbons (Fsp3) is 0.500. The monoisotopic (exact) mass is 279 g/mol. The number of hydrogen-bond acceptors (Lipinski definition) is 4. The summed E-state index contributed by atoms with van der Waals surface area (Å²) in [6.45, 7) is 3.17. The van der Waals surface area contributed by atoms with Crippen molar-refractivity contribution in [3.63, 3.8) is 0 Å². The van der Waals surface area contributed by atoms with Crippen LogP contribution < -0.4 is 10.1 Å². The van der Waals surface area contributed by atoms with Gasteiger partial charge in [0.1, 0.15) is 0 Å². The molecule has 0 fully saturated rings. The number of nitrogens with one attached hydrogen (secondary N) is 1. The number of aryl methyl sites for hydroxylation is 1. The maximum absolute atomic E-state index is 5.43. The summed E-state index contributed by atoms with van der Waals surface area (Å²) in [4.78, 5) is 1.37. The fourth-order valence-electron chi connectivity index (χ4n) is 2.20. The standard InChI is InChI=1S/C14H21N3OS/c1-4-7-15-12(9-11-6-5-8-19-11)14-13(18-3)10-16-17(14)2/h5-6,8,10,12,15H,4,7,9H2,1-3H3. The van der Waals surface area contributed by atoms with Crippen molar-refractivity contribution in [2.75, 3.05) is 13.7 Å². The molecule has 2 aromatic heterocycles. The first kappa shape index (κ1) is 14.1. The lowest BCUT2D eigenvalue weighted by molar-refractivity contribution is 0.393. The molecule has 19 heavy (non-hydrogen) atoms. The minimum absolute atomic E-state index is 0.237. The van der Waals surface area contributed by atoms with E-state index in [2.05, 4.69) is 34.9 Å². The predicted octanol–water partition coefficient (Wildman–Crippen LogP) is 2.77. The summed E-state index contributed by atoms with van der Waals surface area (Å²) in [5.74, 6) is 0.854. The fourth-order valence-corrected chi connectivity index (χ4v) is 2.95. The van der Waals surface area contributed by atoms with Gasteiger partial charge in [-0.15, -0.1) is 11.3 Å². The van der Waals surface area contributed by atoms with E-state index in [-0.39, 0.29) is 6.04 Å². The minimum Gasteiger partial charge on any atom is -0.493 e. The zero-order valence-corrected chi connectivity index (χ0v) is 12.5. The molecule has 1 unspecified atom stereocenters. The molecule has 0 bridgehead atoms. The maximum Gasteiger partial charge on any atom is 0.161 e. The Kier molecular flexibility index (Phi) is 4.99. The molecule has 0 aromatic carbocycles. The van der Waals surface area contributed by atoms with E-state index in [1.807, 2.05) is 11.7 Å². The first-order valence-electron chi connectivity index (χ1n) is 6.58. The lowest BCUT2D eigenvalue weighted by Crippen LogP contribution is -2.26. The highest BCUT2D eigenvalue weighted by molar-refractivity contribution is 7.09. The van der Waals surface area contributed by atoms with Gasteiger partial charge in [0.05, 0.1) is 25.0 Å². The molecule has 1 atom stereocenters. The summed E-state index contributed by atoms with van der Waals surface area (Å²) in [5, 5.41) is 10.0. The van der Waals surface area contributed by atoms with Gasteiger partial charge in [0.25, 0.3) is 0 Å². The van der Waals surface area contributed by atoms with Crippen molar-refractivity contribution in [1.29, 1.82) is 0 Å². The van der Waals surface area contributed by atoms with Crippen LogP contribution in [-0.4, -0.2) is 23.4 Å². The molecule has 0 aliphatic heterocycles. The van der Waals surface area contributed by atoms with Crippen LogP contribution in [0, 0.1) is 0 Å². The van der Waals surface area contributed by atoms with Crippen molar-refractivity contribution in [2.45, 2.75) is 25.8 Å². The van der Waals surface area contributed by atoms with Crippen LogP contribution in [0.4, 0.5) is 0 Å². The second-order valence-corrected chi connectivity index (χ2v) is 5.54. The van der Waals surface area contributed by atoms with Gasteiger partial charge < -0.3 is 10.1 Å². The van der Waals surface area contributed by atoms with Crippen molar-refractivity contribution in [3.8, 4) is 5.75 Å². The Labute approximate surface area is 118 Å². The number of thiophene rings is 1. The van der Waals surface area contributed by atoms with E-state index in [1.165, 1.54) is 4.88 Å². The highest BCUT2D eigenvalue weighted by Gasteiger charge is 2.20. The molecule has 5 heteroatoms. The van der Waals surface area contributed by atoms with Crippen LogP contribution in [0.1, 0.15) is 30.0 Å². The zero-order valence-electron chi connectivity index (χ0n) is 11.7. The summed E-state index contributed by atoms with van der Waals surface area (Å²) in [5.41, 5.74) is 1.12. The number of nitrogens with zero attached hydrogens (tertiary/aromatic N) is 2. The molecule has 0 saturated heterocycles. The summed E-state index contributed by atoms with van der Waals surface area (Å²) in [6, 6.07) is 4.51. The molecule has 0 amide bonds. The van der Waals surface area contributed by atoms with E-state index in [1.54, 1.807) is 24.6 Å². The average molecular weight is 279 g/mol. The van der Waals surface area contributed by atoms with Gasteiger partial charge in [-0.05, 0) is 24.4 Å². The first-order chi connectivity index (χ1) is 9.26. The predicted molar refractivity (Wildman–Crippen MR) is 78.8 cm³/mol. The second kappa shape index (κ2) is 6.73. The van der Waals surface area contributed by atoms with Crippen LogP contribution in [0.25, 0.3) is 0 Å².